The van der Waals surface area contributed by atoms with E-state index < -0.39 is 0 Å². The Labute approximate surface area is 144 Å². The SMILES string of the molecule is O.OC(C1CCNCC1)C(c1ccccc1)c1ccccc1.[Cl]. The van der Waals surface area contributed by atoms with Gasteiger partial charge in [0.25, 0.3) is 0 Å². The predicted octanol–water partition coefficient (Wildman–Crippen LogP) is 3.04. The van der Waals surface area contributed by atoms with Gasteiger partial charge in [-0.1, -0.05) is 60.7 Å². The van der Waals surface area contributed by atoms with E-state index in [1.54, 1.807) is 0 Å². The summed E-state index contributed by atoms with van der Waals surface area (Å²) in [5, 5.41) is 14.4. The second-order valence-electron chi connectivity index (χ2n) is 5.88. The molecular weight excluding hydrogens is 310 g/mol. The summed E-state index contributed by atoms with van der Waals surface area (Å²) in [4.78, 5) is 0. The summed E-state index contributed by atoms with van der Waals surface area (Å²) in [6.45, 7) is 2.02. The molecule has 0 spiro atoms. The lowest BCUT2D eigenvalue weighted by Crippen LogP contribution is -2.37. The van der Waals surface area contributed by atoms with Crippen molar-refractivity contribution in [3.8, 4) is 0 Å². The van der Waals surface area contributed by atoms with E-state index >= 15 is 0 Å². The first-order chi connectivity index (χ1) is 10.4. The standard InChI is InChI=1S/C19H23NO.Cl.H2O/c21-19(17-11-13-20-14-12-17)18(15-7-3-1-4-8-15)16-9-5-2-6-10-16;;/h1-10,17-21H,11-14H2;;1H2. The van der Waals surface area contributed by atoms with Crippen LogP contribution in [0.25, 0.3) is 0 Å². The van der Waals surface area contributed by atoms with Crippen LogP contribution in [0.1, 0.15) is 29.9 Å². The van der Waals surface area contributed by atoms with Gasteiger partial charge in [0.2, 0.25) is 0 Å². The van der Waals surface area contributed by atoms with E-state index in [2.05, 4.69) is 53.8 Å². The predicted molar refractivity (Wildman–Crippen MR) is 95.8 cm³/mol. The van der Waals surface area contributed by atoms with Gasteiger partial charge in [-0.2, -0.15) is 0 Å². The van der Waals surface area contributed by atoms with Crippen molar-refractivity contribution in [1.29, 1.82) is 0 Å². The third kappa shape index (κ3) is 4.79. The highest BCUT2D eigenvalue weighted by molar-refractivity contribution is 5.85. The molecule has 1 aliphatic rings. The molecule has 23 heavy (non-hydrogen) atoms. The van der Waals surface area contributed by atoms with E-state index in [9.17, 15) is 5.11 Å². The molecule has 2 aromatic rings. The lowest BCUT2D eigenvalue weighted by molar-refractivity contribution is 0.0744. The number of benzene rings is 2. The van der Waals surface area contributed by atoms with E-state index in [1.165, 1.54) is 11.1 Å². The molecule has 0 amide bonds. The molecule has 1 atom stereocenters. The summed E-state index contributed by atoms with van der Waals surface area (Å²) in [6.07, 6.45) is 1.78. The Kier molecular flexibility index (Phi) is 8.28. The molecule has 3 nitrogen and oxygen atoms in total. The van der Waals surface area contributed by atoms with Gasteiger partial charge in [0.1, 0.15) is 0 Å². The van der Waals surface area contributed by atoms with Crippen LogP contribution in [0.15, 0.2) is 60.7 Å². The summed E-state index contributed by atoms with van der Waals surface area (Å²) < 4.78 is 0. The molecule has 4 N–H and O–H groups in total. The van der Waals surface area contributed by atoms with Crippen molar-refractivity contribution in [2.24, 2.45) is 5.92 Å². The molecule has 1 unspecified atom stereocenters. The number of aliphatic hydroxyl groups excluding tert-OH is 1. The number of hydrogen-bond donors (Lipinski definition) is 2. The molecule has 3 rings (SSSR count). The molecule has 125 valence electrons. The summed E-state index contributed by atoms with van der Waals surface area (Å²) in [5.41, 5.74) is 2.41. The highest BCUT2D eigenvalue weighted by Gasteiger charge is 2.30. The fourth-order valence-corrected chi connectivity index (χ4v) is 3.37. The number of nitrogens with one attached hydrogen (secondary N) is 1. The highest BCUT2D eigenvalue weighted by Crippen LogP contribution is 2.34. The average molecular weight is 335 g/mol. The van der Waals surface area contributed by atoms with E-state index in [0.717, 1.165) is 25.9 Å². The topological polar surface area (TPSA) is 63.8 Å². The highest BCUT2D eigenvalue weighted by atomic mass is 35.5. The molecule has 1 aliphatic heterocycles. The van der Waals surface area contributed by atoms with Crippen molar-refractivity contribution in [2.45, 2.75) is 24.9 Å². The maximum atomic E-state index is 11.0. The minimum atomic E-state index is -0.322. The van der Waals surface area contributed by atoms with Crippen LogP contribution in [-0.4, -0.2) is 29.8 Å². The van der Waals surface area contributed by atoms with Crippen molar-refractivity contribution in [1.82, 2.24) is 5.32 Å². The molecule has 2 aromatic carbocycles. The molecule has 1 heterocycles. The van der Waals surface area contributed by atoms with Crippen LogP contribution in [0.4, 0.5) is 0 Å². The van der Waals surface area contributed by atoms with E-state index in [1.807, 2.05) is 12.1 Å². The van der Waals surface area contributed by atoms with Gasteiger partial charge in [-0.15, -0.1) is 0 Å². The van der Waals surface area contributed by atoms with Crippen LogP contribution in [0.5, 0.6) is 0 Å². The van der Waals surface area contributed by atoms with Crippen LogP contribution >= 0.6 is 12.4 Å². The van der Waals surface area contributed by atoms with Gasteiger partial charge in [-0.3, -0.25) is 0 Å². The Hall–Kier alpha value is -1.39. The van der Waals surface area contributed by atoms with Crippen LogP contribution in [0.2, 0.25) is 0 Å². The molecule has 1 saturated heterocycles. The minimum absolute atomic E-state index is 0. The number of rotatable bonds is 4. The largest absolute Gasteiger partial charge is 0.412 e. The minimum Gasteiger partial charge on any atom is -0.412 e. The molecular formula is C19H25ClNO2. The Morgan fingerprint density at radius 1 is 0.826 bits per heavy atom. The smallest absolute Gasteiger partial charge is 0.0678 e. The number of halogens is 1. The van der Waals surface area contributed by atoms with Crippen molar-refractivity contribution in [3.63, 3.8) is 0 Å². The van der Waals surface area contributed by atoms with Gasteiger partial charge < -0.3 is 15.9 Å². The van der Waals surface area contributed by atoms with Crippen molar-refractivity contribution in [3.05, 3.63) is 71.8 Å². The number of piperidine rings is 1. The zero-order valence-electron chi connectivity index (χ0n) is 13.2. The molecule has 0 aliphatic carbocycles. The fourth-order valence-electron chi connectivity index (χ4n) is 3.37. The van der Waals surface area contributed by atoms with Gasteiger partial charge in [-0.25, -0.2) is 0 Å². The summed E-state index contributed by atoms with van der Waals surface area (Å²) in [5.74, 6) is 0.437. The van der Waals surface area contributed by atoms with Gasteiger partial charge in [0.15, 0.2) is 0 Å². The van der Waals surface area contributed by atoms with Gasteiger partial charge in [0.05, 0.1) is 6.10 Å². The molecule has 1 radical (unpaired) electrons. The molecule has 0 bridgehead atoms. The summed E-state index contributed by atoms with van der Waals surface area (Å²) in [7, 11) is 0. The molecule has 0 aromatic heterocycles. The fraction of sp³-hybridized carbons (Fsp3) is 0.368. The number of hydrogen-bond acceptors (Lipinski definition) is 2. The average Bonchev–Trinajstić information content (AvgIpc) is 2.58. The van der Waals surface area contributed by atoms with Crippen molar-refractivity contribution >= 4 is 12.4 Å². The van der Waals surface area contributed by atoms with Crippen LogP contribution < -0.4 is 5.32 Å². The Morgan fingerprint density at radius 3 is 1.70 bits per heavy atom. The lowest BCUT2D eigenvalue weighted by atomic mass is 9.78. The third-order valence-corrected chi connectivity index (χ3v) is 4.53. The second-order valence-corrected chi connectivity index (χ2v) is 5.88. The first-order valence-corrected chi connectivity index (χ1v) is 7.85. The van der Waals surface area contributed by atoms with Gasteiger partial charge in [-0.05, 0) is 43.0 Å². The third-order valence-electron chi connectivity index (χ3n) is 4.53. The number of aliphatic hydroxyl groups is 1. The summed E-state index contributed by atoms with van der Waals surface area (Å²) >= 11 is 0. The first kappa shape index (κ1) is 19.7. The first-order valence-electron chi connectivity index (χ1n) is 7.85. The van der Waals surface area contributed by atoms with E-state index in [4.69, 9.17) is 0 Å². The van der Waals surface area contributed by atoms with Crippen molar-refractivity contribution < 1.29 is 10.6 Å². The summed E-state index contributed by atoms with van der Waals surface area (Å²) in [6, 6.07) is 20.8. The van der Waals surface area contributed by atoms with Crippen LogP contribution in [0.3, 0.4) is 0 Å². The molecule has 4 heteroatoms. The zero-order chi connectivity index (χ0) is 14.5. The van der Waals surface area contributed by atoms with Crippen LogP contribution in [0, 0.1) is 5.92 Å². The Bertz CT molecular complexity index is 504. The lowest BCUT2D eigenvalue weighted by Gasteiger charge is -2.33. The molecule has 0 saturated carbocycles. The maximum Gasteiger partial charge on any atom is 0.0678 e. The quantitative estimate of drug-likeness (QED) is 0.902. The Morgan fingerprint density at radius 2 is 1.26 bits per heavy atom. The van der Waals surface area contributed by atoms with Crippen LogP contribution in [-0.2, 0) is 0 Å². The maximum absolute atomic E-state index is 11.0. The van der Waals surface area contributed by atoms with Gasteiger partial charge in [0, 0.05) is 18.3 Å². The normalized spacial score (nSPS) is 16.3. The van der Waals surface area contributed by atoms with Crippen molar-refractivity contribution in [2.75, 3.05) is 13.1 Å². The van der Waals surface area contributed by atoms with E-state index in [-0.39, 0.29) is 29.9 Å². The monoisotopic (exact) mass is 334 g/mol. The van der Waals surface area contributed by atoms with Gasteiger partial charge >= 0.3 is 0 Å². The van der Waals surface area contributed by atoms with E-state index in [0.29, 0.717) is 5.92 Å². The molecule has 1 fully saturated rings. The Balaban J connectivity index is 0.00000132. The zero-order valence-corrected chi connectivity index (χ0v) is 13.9. The second kappa shape index (κ2) is 9.68.